The number of esters is 2. The number of nitrogens with zero attached hydrogens (tertiary/aromatic N) is 1. The highest BCUT2D eigenvalue weighted by molar-refractivity contribution is 6.63. The molecule has 0 spiro atoms. The van der Waals surface area contributed by atoms with Crippen molar-refractivity contribution in [2.45, 2.75) is 59.2 Å². The smallest absolute Gasteiger partial charge is 0.461 e. The molecule has 0 aromatic heterocycles. The molecule has 2 atom stereocenters. The molecule has 0 bridgehead atoms. The van der Waals surface area contributed by atoms with E-state index in [2.05, 4.69) is 13.2 Å². The molecule has 1 rings (SSSR count). The third kappa shape index (κ3) is 7.56. The molecule has 0 aliphatic carbocycles. The van der Waals surface area contributed by atoms with Crippen LogP contribution in [0.2, 0.25) is 0 Å². The monoisotopic (exact) mass is 457 g/mol. The second-order valence-electron chi connectivity index (χ2n) is 7.17. The first-order valence-electron chi connectivity index (χ1n) is 10.5. The second kappa shape index (κ2) is 12.7. The van der Waals surface area contributed by atoms with E-state index >= 15 is 0 Å². The quantitative estimate of drug-likeness (QED) is 0.222. The zero-order valence-electron chi connectivity index (χ0n) is 19.2. The molecule has 1 aliphatic heterocycles. The van der Waals surface area contributed by atoms with Crippen molar-refractivity contribution in [1.82, 2.24) is 4.90 Å². The Morgan fingerprint density at radius 3 is 2.03 bits per heavy atom. The van der Waals surface area contributed by atoms with Gasteiger partial charge in [0.1, 0.15) is 18.4 Å². The van der Waals surface area contributed by atoms with E-state index < -0.39 is 26.8 Å². The minimum absolute atomic E-state index is 0.105. The SMILES string of the molecule is C=C(C)C(=O)OC(C)COC(=O)CC(=C)C(=O)N1CCC1[Si](OCC)(OCC)OCC. The lowest BCUT2D eigenvalue weighted by Gasteiger charge is -2.48. The topological polar surface area (TPSA) is 101 Å². The first-order valence-corrected chi connectivity index (χ1v) is 12.3. The summed E-state index contributed by atoms with van der Waals surface area (Å²) in [5, 5.41) is 0. The predicted molar refractivity (Wildman–Crippen MR) is 116 cm³/mol. The molecule has 31 heavy (non-hydrogen) atoms. The first kappa shape index (κ1) is 27.0. The van der Waals surface area contributed by atoms with Gasteiger partial charge in [-0.25, -0.2) is 4.79 Å². The minimum Gasteiger partial charge on any atom is -0.461 e. The van der Waals surface area contributed by atoms with E-state index in [0.29, 0.717) is 32.8 Å². The van der Waals surface area contributed by atoms with Gasteiger partial charge in [-0.15, -0.1) is 0 Å². The van der Waals surface area contributed by atoms with E-state index in [1.807, 2.05) is 20.8 Å². The van der Waals surface area contributed by atoms with Gasteiger partial charge in [0, 0.05) is 37.5 Å². The third-order valence-electron chi connectivity index (χ3n) is 4.52. The maximum absolute atomic E-state index is 12.9. The molecule has 1 saturated heterocycles. The second-order valence-corrected chi connectivity index (χ2v) is 9.90. The van der Waals surface area contributed by atoms with Gasteiger partial charge in [-0.05, 0) is 41.0 Å². The van der Waals surface area contributed by atoms with E-state index in [1.165, 1.54) is 6.92 Å². The Bertz CT molecular complexity index is 663. The summed E-state index contributed by atoms with van der Waals surface area (Å²) in [6.45, 7) is 17.5. The van der Waals surface area contributed by atoms with Crippen LogP contribution in [0.25, 0.3) is 0 Å². The van der Waals surface area contributed by atoms with Crippen molar-refractivity contribution in [2.75, 3.05) is 33.0 Å². The van der Waals surface area contributed by atoms with Crippen LogP contribution in [0.15, 0.2) is 24.3 Å². The lowest BCUT2D eigenvalue weighted by molar-refractivity contribution is -0.155. The van der Waals surface area contributed by atoms with Gasteiger partial charge in [-0.1, -0.05) is 13.2 Å². The molecule has 10 heteroatoms. The summed E-state index contributed by atoms with van der Waals surface area (Å²) in [5.41, 5.74) is 0.0508. The summed E-state index contributed by atoms with van der Waals surface area (Å²) in [4.78, 5) is 38.1. The van der Waals surface area contributed by atoms with Crippen LogP contribution in [0, 0.1) is 0 Å². The standard InChI is InChI=1S/C21H35NO8Si/c1-8-27-31(28-9-2,29-10-3)18-11-12-22(18)20(24)16(6)13-19(23)26-14-17(7)30-21(25)15(4)5/h17-18H,4,6,8-14H2,1-3,5,7H3. The highest BCUT2D eigenvalue weighted by Gasteiger charge is 2.57. The van der Waals surface area contributed by atoms with E-state index in [0.717, 1.165) is 0 Å². The van der Waals surface area contributed by atoms with E-state index in [-0.39, 0.29) is 35.7 Å². The Hall–Kier alpha value is -2.01. The summed E-state index contributed by atoms with van der Waals surface area (Å²) < 4.78 is 27.9. The summed E-state index contributed by atoms with van der Waals surface area (Å²) in [7, 11) is -3.09. The van der Waals surface area contributed by atoms with Crippen LogP contribution in [0.5, 0.6) is 0 Å². The van der Waals surface area contributed by atoms with Crippen molar-refractivity contribution in [3.63, 3.8) is 0 Å². The number of carbonyl (C=O) groups excluding carboxylic acids is 3. The third-order valence-corrected chi connectivity index (χ3v) is 8.01. The van der Waals surface area contributed by atoms with Gasteiger partial charge in [0.15, 0.2) is 0 Å². The number of hydrogen-bond acceptors (Lipinski definition) is 8. The first-order chi connectivity index (χ1) is 14.6. The van der Waals surface area contributed by atoms with Gasteiger partial charge in [-0.2, -0.15) is 0 Å². The van der Waals surface area contributed by atoms with Crippen LogP contribution >= 0.6 is 0 Å². The Labute approximate surface area is 185 Å². The molecule has 1 fully saturated rings. The maximum atomic E-state index is 12.9. The maximum Gasteiger partial charge on any atom is 0.524 e. The van der Waals surface area contributed by atoms with Gasteiger partial charge in [-0.3, -0.25) is 9.59 Å². The van der Waals surface area contributed by atoms with Gasteiger partial charge in [0.2, 0.25) is 5.91 Å². The van der Waals surface area contributed by atoms with Gasteiger partial charge in [0.25, 0.3) is 0 Å². The van der Waals surface area contributed by atoms with Crippen molar-refractivity contribution in [3.05, 3.63) is 24.3 Å². The van der Waals surface area contributed by atoms with Crippen molar-refractivity contribution in [2.24, 2.45) is 0 Å². The number of likely N-dealkylation sites (tertiary alicyclic amines) is 1. The van der Waals surface area contributed by atoms with Gasteiger partial charge < -0.3 is 27.7 Å². The number of ether oxygens (including phenoxy) is 2. The van der Waals surface area contributed by atoms with Gasteiger partial charge >= 0.3 is 20.7 Å². The highest BCUT2D eigenvalue weighted by Crippen LogP contribution is 2.31. The lowest BCUT2D eigenvalue weighted by Crippen LogP contribution is -2.70. The molecular formula is C21H35NO8Si. The fourth-order valence-electron chi connectivity index (χ4n) is 3.05. The fraction of sp³-hybridized carbons (Fsp3) is 0.667. The zero-order chi connectivity index (χ0) is 23.6. The molecule has 0 radical (unpaired) electrons. The summed E-state index contributed by atoms with van der Waals surface area (Å²) in [6, 6.07) is 0. The van der Waals surface area contributed by atoms with E-state index in [4.69, 9.17) is 22.8 Å². The molecule has 1 amide bonds. The van der Waals surface area contributed by atoms with Crippen molar-refractivity contribution in [3.8, 4) is 0 Å². The fourth-order valence-corrected chi connectivity index (χ4v) is 6.19. The molecule has 176 valence electrons. The molecule has 0 aromatic rings. The van der Waals surface area contributed by atoms with Crippen molar-refractivity contribution in [1.29, 1.82) is 0 Å². The molecule has 0 N–H and O–H groups in total. The van der Waals surface area contributed by atoms with Crippen LogP contribution in [-0.2, 0) is 37.1 Å². The molecule has 1 aliphatic rings. The van der Waals surface area contributed by atoms with Crippen LogP contribution in [0.3, 0.4) is 0 Å². The number of amides is 1. The summed E-state index contributed by atoms with van der Waals surface area (Å²) in [5.74, 6) is -1.54. The average Bonchev–Trinajstić information content (AvgIpc) is 2.65. The van der Waals surface area contributed by atoms with Crippen LogP contribution in [-0.4, -0.2) is 76.3 Å². The van der Waals surface area contributed by atoms with Crippen molar-refractivity contribution < 1.29 is 37.1 Å². The van der Waals surface area contributed by atoms with Crippen LogP contribution < -0.4 is 0 Å². The summed E-state index contributed by atoms with van der Waals surface area (Å²) >= 11 is 0. The highest BCUT2D eigenvalue weighted by atomic mass is 28.4. The Morgan fingerprint density at radius 1 is 1.06 bits per heavy atom. The molecular weight excluding hydrogens is 422 g/mol. The van der Waals surface area contributed by atoms with Gasteiger partial charge in [0.05, 0.1) is 6.42 Å². The zero-order valence-corrected chi connectivity index (χ0v) is 20.2. The molecule has 0 aromatic carbocycles. The summed E-state index contributed by atoms with van der Waals surface area (Å²) in [6.07, 6.45) is -0.205. The predicted octanol–water partition coefficient (Wildman–Crippen LogP) is 2.17. The molecule has 9 nitrogen and oxygen atoms in total. The molecule has 0 saturated carbocycles. The number of hydrogen-bond donors (Lipinski definition) is 0. The Balaban J connectivity index is 2.65. The Kier molecular flexibility index (Phi) is 11.1. The van der Waals surface area contributed by atoms with E-state index in [9.17, 15) is 14.4 Å². The van der Waals surface area contributed by atoms with E-state index in [1.54, 1.807) is 11.8 Å². The molecule has 1 heterocycles. The number of rotatable bonds is 14. The average molecular weight is 458 g/mol. The minimum atomic E-state index is -3.09. The van der Waals surface area contributed by atoms with Crippen LogP contribution in [0.1, 0.15) is 47.5 Å². The van der Waals surface area contributed by atoms with Crippen molar-refractivity contribution >= 4 is 26.7 Å². The van der Waals surface area contributed by atoms with Crippen LogP contribution in [0.4, 0.5) is 0 Å². The largest absolute Gasteiger partial charge is 0.524 e. The Morgan fingerprint density at radius 2 is 1.61 bits per heavy atom. The normalized spacial score (nSPS) is 16.8. The molecule has 2 unspecified atom stereocenters. The number of carbonyl (C=O) groups is 3. The lowest BCUT2D eigenvalue weighted by atomic mass is 10.1.